The summed E-state index contributed by atoms with van der Waals surface area (Å²) in [5, 5.41) is 2.72. The summed E-state index contributed by atoms with van der Waals surface area (Å²) >= 11 is 1.30. The molecule has 2 rings (SSSR count). The van der Waals surface area contributed by atoms with Gasteiger partial charge >= 0.3 is 0 Å². The number of nitrogens with zero attached hydrogens (tertiary/aromatic N) is 1. The molecule has 0 radical (unpaired) electrons. The van der Waals surface area contributed by atoms with Gasteiger partial charge in [-0.2, -0.15) is 4.31 Å². The third-order valence-corrected chi connectivity index (χ3v) is 7.38. The van der Waals surface area contributed by atoms with E-state index in [1.165, 1.54) is 22.6 Å². The van der Waals surface area contributed by atoms with E-state index in [1.807, 2.05) is 6.07 Å². The van der Waals surface area contributed by atoms with E-state index in [1.54, 1.807) is 13.1 Å². The molecule has 0 aromatic carbocycles. The Morgan fingerprint density at radius 3 is 2.67 bits per heavy atom. The molecule has 1 aromatic rings. The van der Waals surface area contributed by atoms with Crippen molar-refractivity contribution in [3.05, 3.63) is 17.0 Å². The molecular formula is C14H22N2O3S2. The minimum atomic E-state index is -3.38. The van der Waals surface area contributed by atoms with Gasteiger partial charge in [0.25, 0.3) is 10.0 Å². The maximum Gasteiger partial charge on any atom is 0.252 e. The Hall–Kier alpha value is -0.920. The third kappa shape index (κ3) is 4.05. The van der Waals surface area contributed by atoms with Crippen molar-refractivity contribution in [1.82, 2.24) is 9.62 Å². The van der Waals surface area contributed by atoms with Gasteiger partial charge in [0.1, 0.15) is 4.21 Å². The van der Waals surface area contributed by atoms with Crippen molar-refractivity contribution in [1.29, 1.82) is 0 Å². The molecular weight excluding hydrogens is 308 g/mol. The number of carbonyl (C=O) groups is 1. The van der Waals surface area contributed by atoms with Crippen LogP contribution in [0, 0.1) is 0 Å². The van der Waals surface area contributed by atoms with Crippen LogP contribution in [0.25, 0.3) is 0 Å². The zero-order valence-electron chi connectivity index (χ0n) is 12.5. The second-order valence-electron chi connectivity index (χ2n) is 5.41. The Labute approximate surface area is 130 Å². The van der Waals surface area contributed by atoms with Crippen LogP contribution in [0.15, 0.2) is 16.3 Å². The third-order valence-electron chi connectivity index (χ3n) is 3.85. The summed E-state index contributed by atoms with van der Waals surface area (Å²) in [6.07, 6.45) is 4.79. The van der Waals surface area contributed by atoms with Gasteiger partial charge in [-0.25, -0.2) is 8.42 Å². The quantitative estimate of drug-likeness (QED) is 0.867. The molecule has 118 valence electrons. The number of amides is 1. The Kier molecular flexibility index (Phi) is 5.40. The topological polar surface area (TPSA) is 66.5 Å². The average molecular weight is 330 g/mol. The van der Waals surface area contributed by atoms with E-state index in [9.17, 15) is 13.2 Å². The molecule has 21 heavy (non-hydrogen) atoms. The first-order chi connectivity index (χ1) is 9.91. The van der Waals surface area contributed by atoms with Gasteiger partial charge in [0.15, 0.2) is 0 Å². The fraction of sp³-hybridized carbons (Fsp3) is 0.643. The van der Waals surface area contributed by atoms with Crippen molar-refractivity contribution < 1.29 is 13.2 Å². The Balaban J connectivity index is 2.03. The lowest BCUT2D eigenvalue weighted by atomic mass is 10.3. The molecule has 0 bridgehead atoms. The predicted molar refractivity (Wildman–Crippen MR) is 83.9 cm³/mol. The van der Waals surface area contributed by atoms with Crippen molar-refractivity contribution in [3.63, 3.8) is 0 Å². The summed E-state index contributed by atoms with van der Waals surface area (Å²) in [6, 6.07) is 3.65. The van der Waals surface area contributed by atoms with Gasteiger partial charge < -0.3 is 5.32 Å². The van der Waals surface area contributed by atoms with Crippen molar-refractivity contribution in [2.24, 2.45) is 0 Å². The molecule has 1 fully saturated rings. The molecule has 1 heterocycles. The summed E-state index contributed by atoms with van der Waals surface area (Å²) in [6.45, 7) is 2.01. The monoisotopic (exact) mass is 330 g/mol. The first-order valence-electron chi connectivity index (χ1n) is 7.22. The van der Waals surface area contributed by atoms with Crippen molar-refractivity contribution >= 4 is 27.3 Å². The van der Waals surface area contributed by atoms with Crippen LogP contribution in [0.3, 0.4) is 0 Å². The van der Waals surface area contributed by atoms with E-state index in [-0.39, 0.29) is 11.9 Å². The summed E-state index contributed by atoms with van der Waals surface area (Å²) in [7, 11) is -1.70. The van der Waals surface area contributed by atoms with Crippen LogP contribution in [-0.4, -0.2) is 38.3 Å². The summed E-state index contributed by atoms with van der Waals surface area (Å²) in [4.78, 5) is 11.8. The van der Waals surface area contributed by atoms with Gasteiger partial charge in [-0.05, 0) is 31.4 Å². The van der Waals surface area contributed by atoms with Gasteiger partial charge in [0.05, 0.1) is 0 Å². The van der Waals surface area contributed by atoms with Gasteiger partial charge in [0, 0.05) is 31.4 Å². The number of hydrogen-bond acceptors (Lipinski definition) is 4. The summed E-state index contributed by atoms with van der Waals surface area (Å²) in [5.41, 5.74) is 0. The minimum absolute atomic E-state index is 0.0691. The molecule has 1 aliphatic rings. The van der Waals surface area contributed by atoms with Gasteiger partial charge in [-0.3, -0.25) is 4.79 Å². The summed E-state index contributed by atoms with van der Waals surface area (Å²) in [5.74, 6) is -0.0691. The van der Waals surface area contributed by atoms with Crippen molar-refractivity contribution in [3.8, 4) is 0 Å². The number of thiophene rings is 1. The van der Waals surface area contributed by atoms with Crippen LogP contribution >= 0.6 is 11.3 Å². The predicted octanol–water partition coefficient (Wildman–Crippen LogP) is 1.99. The molecule has 0 saturated heterocycles. The van der Waals surface area contributed by atoms with Crippen LogP contribution in [0.2, 0.25) is 0 Å². The zero-order chi connectivity index (χ0) is 15.5. The fourth-order valence-electron chi connectivity index (χ4n) is 2.60. The van der Waals surface area contributed by atoms with E-state index in [4.69, 9.17) is 0 Å². The SMILES string of the molecule is CC(=O)NCCc1ccc(S(=O)(=O)N(C)C2CCCC2)s1. The standard InChI is InChI=1S/C14H22N2O3S2/c1-11(17)15-10-9-13-7-8-14(20-13)21(18,19)16(2)12-5-3-4-6-12/h7-8,12H,3-6,9-10H2,1-2H3,(H,15,17). The Morgan fingerprint density at radius 2 is 2.05 bits per heavy atom. The minimum Gasteiger partial charge on any atom is -0.356 e. The lowest BCUT2D eigenvalue weighted by Crippen LogP contribution is -2.34. The number of carbonyl (C=O) groups excluding carboxylic acids is 1. The van der Waals surface area contributed by atoms with Gasteiger partial charge in [0.2, 0.25) is 5.91 Å². The Morgan fingerprint density at radius 1 is 1.38 bits per heavy atom. The summed E-state index contributed by atoms with van der Waals surface area (Å²) < 4.78 is 27.1. The molecule has 7 heteroatoms. The van der Waals surface area contributed by atoms with Crippen LogP contribution in [0.4, 0.5) is 0 Å². The van der Waals surface area contributed by atoms with Crippen LogP contribution in [0.5, 0.6) is 0 Å². The first-order valence-corrected chi connectivity index (χ1v) is 9.48. The second-order valence-corrected chi connectivity index (χ2v) is 8.81. The lowest BCUT2D eigenvalue weighted by molar-refractivity contribution is -0.118. The van der Waals surface area contributed by atoms with Gasteiger partial charge in [-0.1, -0.05) is 12.8 Å². The molecule has 1 saturated carbocycles. The first kappa shape index (κ1) is 16.5. The molecule has 1 aliphatic carbocycles. The van der Waals surface area contributed by atoms with E-state index in [2.05, 4.69) is 5.32 Å². The molecule has 0 atom stereocenters. The molecule has 0 unspecified atom stereocenters. The smallest absolute Gasteiger partial charge is 0.252 e. The molecule has 1 N–H and O–H groups in total. The van der Waals surface area contributed by atoms with E-state index in [0.717, 1.165) is 30.6 Å². The molecule has 0 aliphatic heterocycles. The largest absolute Gasteiger partial charge is 0.356 e. The zero-order valence-corrected chi connectivity index (χ0v) is 14.1. The van der Waals surface area contributed by atoms with E-state index < -0.39 is 10.0 Å². The molecule has 1 amide bonds. The van der Waals surface area contributed by atoms with Gasteiger partial charge in [-0.15, -0.1) is 11.3 Å². The number of nitrogens with one attached hydrogen (secondary N) is 1. The fourth-order valence-corrected chi connectivity index (χ4v) is 5.56. The highest BCUT2D eigenvalue weighted by molar-refractivity contribution is 7.91. The molecule has 5 nitrogen and oxygen atoms in total. The average Bonchev–Trinajstić information content (AvgIpc) is 3.08. The highest BCUT2D eigenvalue weighted by Gasteiger charge is 2.30. The highest BCUT2D eigenvalue weighted by Crippen LogP contribution is 2.30. The number of rotatable bonds is 6. The maximum atomic E-state index is 12.6. The maximum absolute atomic E-state index is 12.6. The normalized spacial score (nSPS) is 16.5. The number of hydrogen-bond donors (Lipinski definition) is 1. The van der Waals surface area contributed by atoms with Crippen LogP contribution in [0.1, 0.15) is 37.5 Å². The van der Waals surface area contributed by atoms with Crippen LogP contribution < -0.4 is 5.32 Å². The van der Waals surface area contributed by atoms with Crippen molar-refractivity contribution in [2.75, 3.05) is 13.6 Å². The lowest BCUT2D eigenvalue weighted by Gasteiger charge is -2.22. The second kappa shape index (κ2) is 6.89. The van der Waals surface area contributed by atoms with E-state index in [0.29, 0.717) is 17.2 Å². The Bertz CT molecular complexity index is 589. The van der Waals surface area contributed by atoms with Crippen molar-refractivity contribution in [2.45, 2.75) is 49.3 Å². The van der Waals surface area contributed by atoms with E-state index >= 15 is 0 Å². The number of sulfonamides is 1. The molecule has 1 aromatic heterocycles. The highest BCUT2D eigenvalue weighted by atomic mass is 32.2. The molecule has 0 spiro atoms. The van der Waals surface area contributed by atoms with Crippen LogP contribution in [-0.2, 0) is 21.2 Å².